The van der Waals surface area contributed by atoms with Crippen molar-refractivity contribution in [2.45, 2.75) is 13.3 Å². The van der Waals surface area contributed by atoms with Crippen molar-refractivity contribution in [1.82, 2.24) is 10.2 Å². The molecule has 1 aliphatic heterocycles. The monoisotopic (exact) mass is 260 g/mol. The second kappa shape index (κ2) is 7.68. The SMILES string of the molecule is CC(CO)(CO)CNCCC(=O)N1CCOCC1. The van der Waals surface area contributed by atoms with Crippen molar-refractivity contribution < 1.29 is 19.7 Å². The first-order valence-electron chi connectivity index (χ1n) is 6.39. The van der Waals surface area contributed by atoms with Crippen molar-refractivity contribution in [3.8, 4) is 0 Å². The van der Waals surface area contributed by atoms with Crippen LogP contribution >= 0.6 is 0 Å². The molecule has 0 radical (unpaired) electrons. The van der Waals surface area contributed by atoms with Gasteiger partial charge in [0.05, 0.1) is 26.4 Å². The van der Waals surface area contributed by atoms with E-state index in [9.17, 15) is 4.79 Å². The van der Waals surface area contributed by atoms with Gasteiger partial charge in [0.25, 0.3) is 0 Å². The van der Waals surface area contributed by atoms with E-state index in [2.05, 4.69) is 5.32 Å². The fourth-order valence-corrected chi connectivity index (χ4v) is 1.72. The summed E-state index contributed by atoms with van der Waals surface area (Å²) in [5.41, 5.74) is -0.526. The first-order valence-corrected chi connectivity index (χ1v) is 6.39. The van der Waals surface area contributed by atoms with Gasteiger partial charge in [0.2, 0.25) is 5.91 Å². The van der Waals surface area contributed by atoms with E-state index in [0.29, 0.717) is 45.8 Å². The van der Waals surface area contributed by atoms with E-state index >= 15 is 0 Å². The van der Waals surface area contributed by atoms with Gasteiger partial charge in [-0.05, 0) is 0 Å². The Hall–Kier alpha value is -0.690. The molecule has 1 saturated heterocycles. The molecule has 6 heteroatoms. The Balaban J connectivity index is 2.15. The summed E-state index contributed by atoms with van der Waals surface area (Å²) in [6, 6.07) is 0. The Morgan fingerprint density at radius 2 is 1.94 bits per heavy atom. The lowest BCUT2D eigenvalue weighted by Crippen LogP contribution is -2.43. The van der Waals surface area contributed by atoms with Crippen LogP contribution in [0.5, 0.6) is 0 Å². The van der Waals surface area contributed by atoms with Gasteiger partial charge >= 0.3 is 0 Å². The summed E-state index contributed by atoms with van der Waals surface area (Å²) in [6.07, 6.45) is 0.437. The summed E-state index contributed by atoms with van der Waals surface area (Å²) < 4.78 is 5.18. The molecule has 1 rings (SSSR count). The summed E-state index contributed by atoms with van der Waals surface area (Å²) in [4.78, 5) is 13.6. The van der Waals surface area contributed by atoms with E-state index in [1.165, 1.54) is 0 Å². The third-order valence-electron chi connectivity index (χ3n) is 3.19. The van der Waals surface area contributed by atoms with Gasteiger partial charge in [-0.3, -0.25) is 4.79 Å². The molecule has 0 bridgehead atoms. The van der Waals surface area contributed by atoms with Crippen LogP contribution in [0.15, 0.2) is 0 Å². The molecule has 106 valence electrons. The van der Waals surface area contributed by atoms with E-state index in [4.69, 9.17) is 14.9 Å². The third-order valence-corrected chi connectivity index (χ3v) is 3.19. The number of rotatable bonds is 7. The molecule has 3 N–H and O–H groups in total. The Kier molecular flexibility index (Phi) is 6.56. The first-order chi connectivity index (χ1) is 8.61. The Morgan fingerprint density at radius 3 is 2.50 bits per heavy atom. The number of ether oxygens (including phenoxy) is 1. The van der Waals surface area contributed by atoms with Gasteiger partial charge in [0.15, 0.2) is 0 Å². The average molecular weight is 260 g/mol. The Labute approximate surface area is 108 Å². The van der Waals surface area contributed by atoms with Gasteiger partial charge in [0.1, 0.15) is 0 Å². The van der Waals surface area contributed by atoms with Crippen molar-refractivity contribution in [2.75, 3.05) is 52.6 Å². The van der Waals surface area contributed by atoms with E-state index in [1.807, 2.05) is 4.90 Å². The van der Waals surface area contributed by atoms with Gasteiger partial charge in [-0.25, -0.2) is 0 Å². The van der Waals surface area contributed by atoms with Crippen molar-refractivity contribution >= 4 is 5.91 Å². The minimum Gasteiger partial charge on any atom is -0.396 e. The summed E-state index contributed by atoms with van der Waals surface area (Å²) in [7, 11) is 0. The molecule has 1 aliphatic rings. The standard InChI is InChI=1S/C12H24N2O4/c1-12(9-15,10-16)8-13-3-2-11(17)14-4-6-18-7-5-14/h13,15-16H,2-10H2,1H3. The predicted octanol–water partition coefficient (Wildman–Crippen LogP) is -1.18. The molecule has 1 heterocycles. The number of nitrogens with one attached hydrogen (secondary N) is 1. The predicted molar refractivity (Wildman–Crippen MR) is 67.2 cm³/mol. The lowest BCUT2D eigenvalue weighted by Gasteiger charge is -2.27. The summed E-state index contributed by atoms with van der Waals surface area (Å²) >= 11 is 0. The second-order valence-electron chi connectivity index (χ2n) is 5.05. The first kappa shape index (κ1) is 15.4. The van der Waals surface area contributed by atoms with Gasteiger partial charge in [-0.2, -0.15) is 0 Å². The molecule has 0 spiro atoms. The van der Waals surface area contributed by atoms with Crippen molar-refractivity contribution in [1.29, 1.82) is 0 Å². The molecule has 0 aromatic heterocycles. The quantitative estimate of drug-likeness (QED) is 0.502. The lowest BCUT2D eigenvalue weighted by molar-refractivity contribution is -0.135. The second-order valence-corrected chi connectivity index (χ2v) is 5.05. The maximum absolute atomic E-state index is 11.8. The molecule has 1 amide bonds. The van der Waals surface area contributed by atoms with Crippen molar-refractivity contribution in [2.24, 2.45) is 5.41 Å². The maximum atomic E-state index is 11.8. The number of amides is 1. The fraction of sp³-hybridized carbons (Fsp3) is 0.917. The highest BCUT2D eigenvalue weighted by Gasteiger charge is 2.22. The highest BCUT2D eigenvalue weighted by atomic mass is 16.5. The molecule has 0 aromatic rings. The van der Waals surface area contributed by atoms with Gasteiger partial charge < -0.3 is 25.2 Å². The number of hydrogen-bond donors (Lipinski definition) is 3. The number of morpholine rings is 1. The largest absolute Gasteiger partial charge is 0.396 e. The van der Waals surface area contributed by atoms with Gasteiger partial charge in [-0.1, -0.05) is 6.92 Å². The summed E-state index contributed by atoms with van der Waals surface area (Å²) in [6.45, 7) is 5.28. The number of aliphatic hydroxyl groups excluding tert-OH is 2. The number of carbonyl (C=O) groups is 1. The smallest absolute Gasteiger partial charge is 0.224 e. The minimum atomic E-state index is -0.526. The van der Waals surface area contributed by atoms with Crippen molar-refractivity contribution in [3.05, 3.63) is 0 Å². The maximum Gasteiger partial charge on any atom is 0.224 e. The van der Waals surface area contributed by atoms with Crippen molar-refractivity contribution in [3.63, 3.8) is 0 Å². The molecule has 1 fully saturated rings. The van der Waals surface area contributed by atoms with Crippen LogP contribution in [0.1, 0.15) is 13.3 Å². The molecular weight excluding hydrogens is 236 g/mol. The summed E-state index contributed by atoms with van der Waals surface area (Å²) in [5, 5.41) is 21.3. The molecule has 0 aromatic carbocycles. The highest BCUT2D eigenvalue weighted by Crippen LogP contribution is 2.11. The molecule has 0 aliphatic carbocycles. The number of aliphatic hydroxyl groups is 2. The fourth-order valence-electron chi connectivity index (χ4n) is 1.72. The third kappa shape index (κ3) is 4.89. The van der Waals surface area contributed by atoms with Crippen LogP contribution < -0.4 is 5.32 Å². The highest BCUT2D eigenvalue weighted by molar-refractivity contribution is 5.76. The topological polar surface area (TPSA) is 82.0 Å². The zero-order valence-corrected chi connectivity index (χ0v) is 11.0. The number of hydrogen-bond acceptors (Lipinski definition) is 5. The molecule has 18 heavy (non-hydrogen) atoms. The normalized spacial score (nSPS) is 16.9. The van der Waals surface area contributed by atoms with Gasteiger partial charge in [0, 0.05) is 38.0 Å². The van der Waals surface area contributed by atoms with Crippen LogP contribution in [-0.2, 0) is 9.53 Å². The zero-order chi connectivity index (χ0) is 13.4. The average Bonchev–Trinajstić information content (AvgIpc) is 2.44. The van der Waals surface area contributed by atoms with E-state index in [1.54, 1.807) is 6.92 Å². The molecule has 0 saturated carbocycles. The van der Waals surface area contributed by atoms with Crippen LogP contribution in [0.25, 0.3) is 0 Å². The number of nitrogens with zero attached hydrogens (tertiary/aromatic N) is 1. The van der Waals surface area contributed by atoms with Crippen LogP contribution in [0.3, 0.4) is 0 Å². The molecule has 6 nitrogen and oxygen atoms in total. The Morgan fingerprint density at radius 1 is 1.33 bits per heavy atom. The van der Waals surface area contributed by atoms with Crippen LogP contribution in [0, 0.1) is 5.41 Å². The van der Waals surface area contributed by atoms with Crippen LogP contribution in [-0.4, -0.2) is 73.6 Å². The lowest BCUT2D eigenvalue weighted by atomic mass is 9.93. The van der Waals surface area contributed by atoms with E-state index in [0.717, 1.165) is 0 Å². The molecular formula is C12H24N2O4. The van der Waals surface area contributed by atoms with Gasteiger partial charge in [-0.15, -0.1) is 0 Å². The molecule has 0 unspecified atom stereocenters. The van der Waals surface area contributed by atoms with E-state index < -0.39 is 5.41 Å². The van der Waals surface area contributed by atoms with E-state index in [-0.39, 0.29) is 19.1 Å². The summed E-state index contributed by atoms with van der Waals surface area (Å²) in [5.74, 6) is 0.125. The van der Waals surface area contributed by atoms with Crippen LogP contribution in [0.4, 0.5) is 0 Å². The zero-order valence-electron chi connectivity index (χ0n) is 11.0. The van der Waals surface area contributed by atoms with Crippen LogP contribution in [0.2, 0.25) is 0 Å². The Bertz CT molecular complexity index is 250. The molecule has 0 atom stereocenters. The number of carbonyl (C=O) groups excluding carboxylic acids is 1. The minimum absolute atomic E-state index is 0.0755.